The number of hydrogen-bond acceptors (Lipinski definition) is 2. The molecular weight excluding hydrogens is 339 g/mol. The second-order valence-electron chi connectivity index (χ2n) is 7.57. The second kappa shape index (κ2) is 7.23. The summed E-state index contributed by atoms with van der Waals surface area (Å²) in [6.07, 6.45) is 0. The Labute approximate surface area is 155 Å². The average molecular weight is 364 g/mol. The van der Waals surface area contributed by atoms with Gasteiger partial charge in [0, 0.05) is 15.9 Å². The van der Waals surface area contributed by atoms with Crippen molar-refractivity contribution in [2.45, 2.75) is 32.8 Å². The third kappa shape index (κ3) is 3.53. The van der Waals surface area contributed by atoms with Gasteiger partial charge in [0.25, 0.3) is 0 Å². The first-order valence-electron chi connectivity index (χ1n) is 8.83. The first-order valence-corrected chi connectivity index (χ1v) is 10.5. The van der Waals surface area contributed by atoms with Crippen LogP contribution in [0.25, 0.3) is 0 Å². The van der Waals surface area contributed by atoms with Crippen molar-refractivity contribution in [3.05, 3.63) is 90.0 Å². The number of aliphatic hydroxyl groups excluding tert-OH is 1. The Morgan fingerprint density at radius 3 is 1.92 bits per heavy atom. The van der Waals surface area contributed by atoms with Gasteiger partial charge in [-0.1, -0.05) is 93.6 Å². The van der Waals surface area contributed by atoms with E-state index >= 15 is 0 Å². The van der Waals surface area contributed by atoms with Crippen LogP contribution in [0.3, 0.4) is 0 Å². The summed E-state index contributed by atoms with van der Waals surface area (Å²) in [5.41, 5.74) is 1.97. The van der Waals surface area contributed by atoms with Gasteiger partial charge in [0.1, 0.15) is 0 Å². The van der Waals surface area contributed by atoms with Crippen molar-refractivity contribution in [2.75, 3.05) is 0 Å². The second-order valence-corrected chi connectivity index (χ2v) is 10.3. The van der Waals surface area contributed by atoms with Crippen LogP contribution in [0.5, 0.6) is 0 Å². The zero-order chi connectivity index (χ0) is 18.8. The predicted octanol–water partition coefficient (Wildman–Crippen LogP) is 4.12. The largest absolute Gasteiger partial charge is 0.392 e. The lowest BCUT2D eigenvalue weighted by Gasteiger charge is -2.24. The van der Waals surface area contributed by atoms with Crippen LogP contribution in [0.2, 0.25) is 0 Å². The van der Waals surface area contributed by atoms with Crippen molar-refractivity contribution < 1.29 is 9.67 Å². The fraction of sp³-hybridized carbons (Fsp3) is 0.217. The maximum atomic E-state index is 14.4. The highest BCUT2D eigenvalue weighted by molar-refractivity contribution is 7.85. The lowest BCUT2D eigenvalue weighted by molar-refractivity contribution is 0.282. The van der Waals surface area contributed by atoms with Crippen molar-refractivity contribution >= 4 is 23.1 Å². The molecule has 0 bridgehead atoms. The SMILES string of the molecule is CC(C)(C)c1cccc(P(=O)(c2ccccc2)c2ccc(CO)cc2)c1. The summed E-state index contributed by atoms with van der Waals surface area (Å²) in [5, 5.41) is 11.8. The molecule has 0 heterocycles. The summed E-state index contributed by atoms with van der Waals surface area (Å²) in [6, 6.07) is 25.2. The van der Waals surface area contributed by atoms with Gasteiger partial charge < -0.3 is 9.67 Å². The molecule has 0 aromatic heterocycles. The highest BCUT2D eigenvalue weighted by atomic mass is 31.2. The van der Waals surface area contributed by atoms with Crippen molar-refractivity contribution in [3.8, 4) is 0 Å². The summed E-state index contributed by atoms with van der Waals surface area (Å²) in [4.78, 5) is 0. The predicted molar refractivity (Wildman–Crippen MR) is 110 cm³/mol. The molecule has 0 aliphatic heterocycles. The van der Waals surface area contributed by atoms with E-state index in [0.29, 0.717) is 0 Å². The molecular formula is C23H25O2P. The lowest BCUT2D eigenvalue weighted by atomic mass is 9.87. The molecule has 0 aliphatic carbocycles. The molecule has 0 amide bonds. The molecule has 26 heavy (non-hydrogen) atoms. The Hall–Kier alpha value is -2.15. The standard InChI is InChI=1S/C23H25O2P/c1-23(2,3)19-8-7-11-22(16-19)26(25,20-9-5-4-6-10-20)21-14-12-18(17-24)13-15-21/h4-16,24H,17H2,1-3H3. The van der Waals surface area contributed by atoms with Crippen LogP contribution in [0.4, 0.5) is 0 Å². The fourth-order valence-electron chi connectivity index (χ4n) is 3.06. The zero-order valence-electron chi connectivity index (χ0n) is 15.5. The third-order valence-electron chi connectivity index (χ3n) is 4.68. The zero-order valence-corrected chi connectivity index (χ0v) is 16.4. The van der Waals surface area contributed by atoms with E-state index in [1.54, 1.807) is 0 Å². The molecule has 0 saturated carbocycles. The van der Waals surface area contributed by atoms with Crippen LogP contribution in [0.1, 0.15) is 31.9 Å². The van der Waals surface area contributed by atoms with Gasteiger partial charge in [-0.05, 0) is 22.6 Å². The summed E-state index contributed by atoms with van der Waals surface area (Å²) >= 11 is 0. The van der Waals surface area contributed by atoms with Gasteiger partial charge in [0.2, 0.25) is 0 Å². The molecule has 0 saturated heterocycles. The maximum Gasteiger partial charge on any atom is 0.171 e. The molecule has 3 aromatic carbocycles. The number of hydrogen-bond donors (Lipinski definition) is 1. The van der Waals surface area contributed by atoms with Crippen LogP contribution in [-0.4, -0.2) is 5.11 Å². The van der Waals surface area contributed by atoms with E-state index in [9.17, 15) is 9.67 Å². The van der Waals surface area contributed by atoms with Crippen molar-refractivity contribution in [3.63, 3.8) is 0 Å². The van der Waals surface area contributed by atoms with E-state index < -0.39 is 7.14 Å². The number of rotatable bonds is 4. The van der Waals surface area contributed by atoms with Gasteiger partial charge in [-0.2, -0.15) is 0 Å². The molecule has 0 spiro atoms. The van der Waals surface area contributed by atoms with E-state index in [4.69, 9.17) is 0 Å². The Morgan fingerprint density at radius 2 is 1.35 bits per heavy atom. The van der Waals surface area contributed by atoms with Crippen LogP contribution in [-0.2, 0) is 16.6 Å². The minimum absolute atomic E-state index is 0.0156. The van der Waals surface area contributed by atoms with Crippen LogP contribution in [0.15, 0.2) is 78.9 Å². The molecule has 134 valence electrons. The van der Waals surface area contributed by atoms with E-state index in [1.807, 2.05) is 66.7 Å². The molecule has 1 atom stereocenters. The summed E-state index contributed by atoms with van der Waals surface area (Å²) in [7, 11) is -2.98. The molecule has 2 nitrogen and oxygen atoms in total. The summed E-state index contributed by atoms with van der Waals surface area (Å²) in [6.45, 7) is 6.47. The first-order chi connectivity index (χ1) is 12.4. The topological polar surface area (TPSA) is 37.3 Å². The maximum absolute atomic E-state index is 14.4. The Morgan fingerprint density at radius 1 is 0.769 bits per heavy atom. The van der Waals surface area contributed by atoms with Gasteiger partial charge in [0.15, 0.2) is 7.14 Å². The number of benzene rings is 3. The summed E-state index contributed by atoms with van der Waals surface area (Å²) < 4.78 is 14.4. The average Bonchev–Trinajstić information content (AvgIpc) is 2.67. The highest BCUT2D eigenvalue weighted by Crippen LogP contribution is 2.43. The van der Waals surface area contributed by atoms with Gasteiger partial charge >= 0.3 is 0 Å². The lowest BCUT2D eigenvalue weighted by Crippen LogP contribution is -2.26. The van der Waals surface area contributed by atoms with Gasteiger partial charge in [-0.3, -0.25) is 0 Å². The fourth-order valence-corrected chi connectivity index (χ4v) is 5.74. The molecule has 3 heteroatoms. The quantitative estimate of drug-likeness (QED) is 0.707. The minimum Gasteiger partial charge on any atom is -0.392 e. The van der Waals surface area contributed by atoms with Crippen molar-refractivity contribution in [1.29, 1.82) is 0 Å². The smallest absolute Gasteiger partial charge is 0.171 e. The molecule has 1 N–H and O–H groups in total. The summed E-state index contributed by atoms with van der Waals surface area (Å²) in [5.74, 6) is 0. The van der Waals surface area contributed by atoms with Crippen molar-refractivity contribution in [1.82, 2.24) is 0 Å². The highest BCUT2D eigenvalue weighted by Gasteiger charge is 2.30. The van der Waals surface area contributed by atoms with E-state index in [-0.39, 0.29) is 12.0 Å². The van der Waals surface area contributed by atoms with Crippen LogP contribution in [0, 0.1) is 0 Å². The van der Waals surface area contributed by atoms with E-state index in [2.05, 4.69) is 32.9 Å². The normalized spacial score (nSPS) is 14.0. The molecule has 0 radical (unpaired) electrons. The van der Waals surface area contributed by atoms with E-state index in [1.165, 1.54) is 0 Å². The van der Waals surface area contributed by atoms with Gasteiger partial charge in [-0.15, -0.1) is 0 Å². The van der Waals surface area contributed by atoms with Crippen LogP contribution < -0.4 is 15.9 Å². The molecule has 0 aliphatic rings. The third-order valence-corrected chi connectivity index (χ3v) is 7.73. The Bertz CT molecular complexity index is 922. The molecule has 1 unspecified atom stereocenters. The molecule has 3 rings (SSSR count). The monoisotopic (exact) mass is 364 g/mol. The molecule has 0 fully saturated rings. The van der Waals surface area contributed by atoms with Gasteiger partial charge in [0.05, 0.1) is 6.61 Å². The molecule has 3 aromatic rings. The Balaban J connectivity index is 2.24. The minimum atomic E-state index is -2.98. The van der Waals surface area contributed by atoms with Gasteiger partial charge in [-0.25, -0.2) is 0 Å². The first kappa shape index (κ1) is 18.6. The van der Waals surface area contributed by atoms with E-state index in [0.717, 1.165) is 27.0 Å². The van der Waals surface area contributed by atoms with Crippen molar-refractivity contribution in [2.24, 2.45) is 0 Å². The number of aliphatic hydroxyl groups is 1. The Kier molecular flexibility index (Phi) is 5.18. The van der Waals surface area contributed by atoms with Crippen LogP contribution >= 0.6 is 7.14 Å².